The molecule has 4 rings (SSSR count). The highest BCUT2D eigenvalue weighted by Crippen LogP contribution is 2.45. The highest BCUT2D eigenvalue weighted by Gasteiger charge is 2.41. The van der Waals surface area contributed by atoms with Crippen LogP contribution in [-0.4, -0.2) is 27.6 Å². The average Bonchev–Trinajstić information content (AvgIpc) is 3.22. The van der Waals surface area contributed by atoms with Gasteiger partial charge in [0.2, 0.25) is 0 Å². The summed E-state index contributed by atoms with van der Waals surface area (Å²) in [6.45, 7) is 5.32. The number of thioether (sulfide) groups is 1. The minimum atomic E-state index is -0.133. The summed E-state index contributed by atoms with van der Waals surface area (Å²) in [6.07, 6.45) is 5.59. The van der Waals surface area contributed by atoms with Crippen LogP contribution in [0.1, 0.15) is 55.7 Å². The number of amides is 2. The van der Waals surface area contributed by atoms with Gasteiger partial charge in [-0.25, -0.2) is 0 Å². The Bertz CT molecular complexity index is 1080. The van der Waals surface area contributed by atoms with Gasteiger partial charge < -0.3 is 4.90 Å². The zero-order valence-corrected chi connectivity index (χ0v) is 20.2. The second kappa shape index (κ2) is 10.0. The molecule has 2 aromatic rings. The lowest BCUT2D eigenvalue weighted by Gasteiger charge is -2.17. The van der Waals surface area contributed by atoms with Crippen molar-refractivity contribution in [1.29, 1.82) is 0 Å². The van der Waals surface area contributed by atoms with E-state index in [0.717, 1.165) is 29.7 Å². The molecule has 4 nitrogen and oxygen atoms in total. The van der Waals surface area contributed by atoms with Crippen molar-refractivity contribution >= 4 is 51.4 Å². The van der Waals surface area contributed by atoms with Crippen LogP contribution in [-0.2, 0) is 16.1 Å². The summed E-state index contributed by atoms with van der Waals surface area (Å²) < 4.78 is 0.551. The highest BCUT2D eigenvalue weighted by atomic mass is 32.2. The van der Waals surface area contributed by atoms with Gasteiger partial charge in [-0.1, -0.05) is 105 Å². The molecule has 2 heterocycles. The minimum Gasteiger partial charge on any atom is -0.303 e. The molecule has 0 spiro atoms. The molecule has 0 bridgehead atoms. The lowest BCUT2D eigenvalue weighted by atomic mass is 10.1. The van der Waals surface area contributed by atoms with E-state index in [1.165, 1.54) is 36.6 Å². The third-order valence-electron chi connectivity index (χ3n) is 5.95. The maximum absolute atomic E-state index is 13.6. The number of benzene rings is 2. The Morgan fingerprint density at radius 3 is 2.34 bits per heavy atom. The maximum atomic E-state index is 13.6. The Balaban J connectivity index is 1.60. The molecule has 0 aliphatic carbocycles. The molecule has 0 unspecified atom stereocenters. The molecule has 0 N–H and O–H groups in total. The highest BCUT2D eigenvalue weighted by molar-refractivity contribution is 8.26. The van der Waals surface area contributed by atoms with Gasteiger partial charge in [-0.3, -0.25) is 14.5 Å². The Labute approximate surface area is 199 Å². The van der Waals surface area contributed by atoms with Gasteiger partial charge in [0.25, 0.3) is 11.8 Å². The molecule has 2 amide bonds. The van der Waals surface area contributed by atoms with E-state index in [2.05, 4.69) is 6.92 Å². The second-order valence-corrected chi connectivity index (χ2v) is 9.98. The molecule has 0 saturated carbocycles. The van der Waals surface area contributed by atoms with E-state index >= 15 is 0 Å². The van der Waals surface area contributed by atoms with Crippen molar-refractivity contribution in [1.82, 2.24) is 4.90 Å². The third kappa shape index (κ3) is 4.52. The summed E-state index contributed by atoms with van der Waals surface area (Å²) in [5.41, 5.74) is 4.38. The zero-order chi connectivity index (χ0) is 22.7. The fraction of sp³-hybridized carbons (Fsp3) is 0.346. The number of carbonyl (C=O) groups excluding carboxylic acids is 2. The number of aryl methyl sites for hydroxylation is 1. The first-order chi connectivity index (χ1) is 15.5. The molecule has 1 fully saturated rings. The smallest absolute Gasteiger partial charge is 0.267 e. The van der Waals surface area contributed by atoms with Crippen molar-refractivity contribution in [3.63, 3.8) is 0 Å². The Morgan fingerprint density at radius 2 is 1.59 bits per heavy atom. The lowest BCUT2D eigenvalue weighted by molar-refractivity contribution is -0.122. The monoisotopic (exact) mass is 464 g/mol. The van der Waals surface area contributed by atoms with Crippen LogP contribution in [0, 0.1) is 6.92 Å². The predicted molar refractivity (Wildman–Crippen MR) is 136 cm³/mol. The molecule has 2 aliphatic heterocycles. The number of thiocarbonyl (C=S) groups is 1. The fourth-order valence-corrected chi connectivity index (χ4v) is 5.53. The number of para-hydroxylation sites is 1. The van der Waals surface area contributed by atoms with Crippen LogP contribution in [0.5, 0.6) is 0 Å². The van der Waals surface area contributed by atoms with E-state index < -0.39 is 0 Å². The second-order valence-electron chi connectivity index (χ2n) is 8.34. The standard InChI is InChI=1S/C26H28N2O2S2/c1-3-4-5-6-9-16-27-25(30)23(32-26(27)31)22-20-10-7-8-11-21(20)28(24(22)29)17-19-14-12-18(2)13-15-19/h7-8,10-15H,3-6,9,16-17H2,1-2H3/b23-22-. The molecule has 32 heavy (non-hydrogen) atoms. The van der Waals surface area contributed by atoms with Crippen molar-refractivity contribution in [2.75, 3.05) is 11.4 Å². The quantitative estimate of drug-likeness (QED) is 0.270. The van der Waals surface area contributed by atoms with Crippen LogP contribution >= 0.6 is 24.0 Å². The molecule has 0 aromatic heterocycles. The number of hydrogen-bond acceptors (Lipinski definition) is 4. The number of anilines is 1. The Morgan fingerprint density at radius 1 is 0.875 bits per heavy atom. The van der Waals surface area contributed by atoms with Crippen molar-refractivity contribution in [3.05, 3.63) is 70.1 Å². The van der Waals surface area contributed by atoms with Crippen molar-refractivity contribution < 1.29 is 9.59 Å². The van der Waals surface area contributed by atoms with Gasteiger partial charge in [0, 0.05) is 12.1 Å². The molecular weight excluding hydrogens is 436 g/mol. The fourth-order valence-electron chi connectivity index (χ4n) is 4.15. The normalized spacial score (nSPS) is 18.1. The topological polar surface area (TPSA) is 40.6 Å². The van der Waals surface area contributed by atoms with Gasteiger partial charge in [-0.15, -0.1) is 0 Å². The van der Waals surface area contributed by atoms with Gasteiger partial charge in [0.05, 0.1) is 22.7 Å². The molecule has 0 radical (unpaired) electrons. The summed E-state index contributed by atoms with van der Waals surface area (Å²) in [7, 11) is 0. The summed E-state index contributed by atoms with van der Waals surface area (Å²) in [6, 6.07) is 15.9. The van der Waals surface area contributed by atoms with Crippen molar-refractivity contribution in [2.45, 2.75) is 52.5 Å². The van der Waals surface area contributed by atoms with Crippen LogP contribution < -0.4 is 4.90 Å². The molecule has 1 saturated heterocycles. The summed E-state index contributed by atoms with van der Waals surface area (Å²) in [5, 5.41) is 0. The van der Waals surface area contributed by atoms with Gasteiger partial charge >= 0.3 is 0 Å². The van der Waals surface area contributed by atoms with Crippen LogP contribution in [0.15, 0.2) is 53.4 Å². The molecule has 0 atom stereocenters. The zero-order valence-electron chi connectivity index (χ0n) is 18.6. The van der Waals surface area contributed by atoms with Crippen LogP contribution in [0.3, 0.4) is 0 Å². The number of rotatable bonds is 8. The van der Waals surface area contributed by atoms with Gasteiger partial charge in [-0.2, -0.15) is 0 Å². The SMILES string of the molecule is CCCCCCCN1C(=O)/C(=C2/C(=O)N(Cc3ccc(C)cc3)c3ccccc32)SC1=S. The lowest BCUT2D eigenvalue weighted by Crippen LogP contribution is -2.30. The van der Waals surface area contributed by atoms with E-state index in [1.54, 1.807) is 9.80 Å². The van der Waals surface area contributed by atoms with Crippen molar-refractivity contribution in [3.8, 4) is 0 Å². The van der Waals surface area contributed by atoms with Crippen LogP contribution in [0.4, 0.5) is 5.69 Å². The average molecular weight is 465 g/mol. The minimum absolute atomic E-state index is 0.129. The molecule has 2 aromatic carbocycles. The van der Waals surface area contributed by atoms with Gasteiger partial charge in [0.1, 0.15) is 4.32 Å². The molecule has 166 valence electrons. The van der Waals surface area contributed by atoms with Gasteiger partial charge in [0.15, 0.2) is 0 Å². The summed E-state index contributed by atoms with van der Waals surface area (Å²) >= 11 is 6.79. The predicted octanol–water partition coefficient (Wildman–Crippen LogP) is 6.08. The number of fused-ring (bicyclic) bond motifs is 1. The maximum Gasteiger partial charge on any atom is 0.267 e. The summed E-state index contributed by atoms with van der Waals surface area (Å²) in [5.74, 6) is -0.263. The first-order valence-electron chi connectivity index (χ1n) is 11.3. The van der Waals surface area contributed by atoms with E-state index in [-0.39, 0.29) is 11.8 Å². The van der Waals surface area contributed by atoms with E-state index in [1.807, 2.05) is 55.5 Å². The first-order valence-corrected chi connectivity index (χ1v) is 12.5. The first kappa shape index (κ1) is 22.7. The van der Waals surface area contributed by atoms with Gasteiger partial charge in [-0.05, 0) is 25.0 Å². The largest absolute Gasteiger partial charge is 0.303 e. The molecule has 2 aliphatic rings. The third-order valence-corrected chi connectivity index (χ3v) is 7.39. The Kier molecular flexibility index (Phi) is 7.11. The number of unbranched alkanes of at least 4 members (excludes halogenated alkanes) is 4. The van der Waals surface area contributed by atoms with E-state index in [0.29, 0.717) is 27.9 Å². The van der Waals surface area contributed by atoms with Crippen molar-refractivity contribution in [2.24, 2.45) is 0 Å². The van der Waals surface area contributed by atoms with E-state index in [4.69, 9.17) is 12.2 Å². The number of carbonyl (C=O) groups is 2. The Hall–Kier alpha value is -2.44. The summed E-state index contributed by atoms with van der Waals surface area (Å²) in [4.78, 5) is 30.7. The molecule has 6 heteroatoms. The number of nitrogens with zero attached hydrogens (tertiary/aromatic N) is 2. The van der Waals surface area contributed by atoms with Crippen LogP contribution in [0.2, 0.25) is 0 Å². The number of hydrogen-bond donors (Lipinski definition) is 0. The van der Waals surface area contributed by atoms with E-state index in [9.17, 15) is 9.59 Å². The molecular formula is C26H28N2O2S2. The van der Waals surface area contributed by atoms with Crippen LogP contribution in [0.25, 0.3) is 5.57 Å².